The van der Waals surface area contributed by atoms with E-state index in [2.05, 4.69) is 5.14 Å². The lowest BCUT2D eigenvalue weighted by Gasteiger charge is -1.97. The smallest absolute Gasteiger partial charge is 0.227 e. The van der Waals surface area contributed by atoms with Crippen LogP contribution in [0.15, 0.2) is 0 Å². The number of primary sulfonamides is 1. The first-order chi connectivity index (χ1) is 4.27. The van der Waals surface area contributed by atoms with Gasteiger partial charge < -0.3 is 0 Å². The van der Waals surface area contributed by atoms with E-state index >= 15 is 0 Å². The average Bonchev–Trinajstić information content (AvgIpc) is 1.60. The van der Waals surface area contributed by atoms with Crippen LogP contribution in [0, 0.1) is 0 Å². The zero-order valence-corrected chi connectivity index (χ0v) is 6.87. The fraction of sp³-hybridized carbons (Fsp3) is 1.00. The molecule has 0 unspecified atom stereocenters. The van der Waals surface area contributed by atoms with E-state index < -0.39 is 25.1 Å². The molecule has 0 heterocycles. The van der Waals surface area contributed by atoms with Gasteiger partial charge in [-0.15, -0.1) is 0 Å². The van der Waals surface area contributed by atoms with Crippen LogP contribution in [0.25, 0.3) is 0 Å². The lowest BCUT2D eigenvalue weighted by atomic mass is 11.6. The quantitative estimate of drug-likeness (QED) is 0.523. The molecule has 0 aromatic rings. The van der Waals surface area contributed by atoms with E-state index in [4.69, 9.17) is 0 Å². The van der Waals surface area contributed by atoms with E-state index in [9.17, 15) is 16.8 Å². The van der Waals surface area contributed by atoms with Gasteiger partial charge in [0.2, 0.25) is 20.0 Å². The van der Waals surface area contributed by atoms with Crippen molar-refractivity contribution < 1.29 is 16.8 Å². The van der Waals surface area contributed by atoms with Crippen LogP contribution < -0.4 is 9.86 Å². The van der Waals surface area contributed by atoms with Gasteiger partial charge in [0.05, 0.1) is 0 Å². The molecule has 0 atom stereocenters. The van der Waals surface area contributed by atoms with Crippen molar-refractivity contribution in [3.8, 4) is 0 Å². The van der Waals surface area contributed by atoms with Gasteiger partial charge in [0, 0.05) is 0 Å². The lowest BCUT2D eigenvalue weighted by Crippen LogP contribution is -2.30. The maximum absolute atomic E-state index is 10.4. The van der Waals surface area contributed by atoms with Gasteiger partial charge in [-0.3, -0.25) is 0 Å². The van der Waals surface area contributed by atoms with Crippen LogP contribution in [0.4, 0.5) is 0 Å². The van der Waals surface area contributed by atoms with E-state index in [0.717, 1.165) is 7.05 Å². The highest BCUT2D eigenvalue weighted by Crippen LogP contribution is 1.85. The van der Waals surface area contributed by atoms with Crippen LogP contribution in [0.2, 0.25) is 0 Å². The fourth-order valence-electron chi connectivity index (χ4n) is 0.275. The molecule has 0 aliphatic rings. The maximum Gasteiger partial charge on any atom is 0.227 e. The van der Waals surface area contributed by atoms with Crippen molar-refractivity contribution in [2.45, 2.75) is 0 Å². The summed E-state index contributed by atoms with van der Waals surface area (Å²) in [6, 6.07) is 0. The Kier molecular flexibility index (Phi) is 2.77. The number of nitrogens with one attached hydrogen (secondary N) is 1. The molecule has 10 heavy (non-hydrogen) atoms. The minimum absolute atomic E-state index is 1.07. The van der Waals surface area contributed by atoms with Crippen LogP contribution >= 0.6 is 0 Å². The van der Waals surface area contributed by atoms with Gasteiger partial charge in [0.15, 0.2) is 5.08 Å². The van der Waals surface area contributed by atoms with E-state index in [1.54, 1.807) is 0 Å². The molecule has 0 aliphatic heterocycles. The average molecular weight is 188 g/mol. The zero-order chi connectivity index (χ0) is 8.41. The topological polar surface area (TPSA) is 106 Å². The molecule has 0 rings (SSSR count). The van der Waals surface area contributed by atoms with Gasteiger partial charge in [-0.25, -0.2) is 26.7 Å². The summed E-state index contributed by atoms with van der Waals surface area (Å²) in [7, 11) is -6.57. The van der Waals surface area contributed by atoms with Crippen LogP contribution in [0.3, 0.4) is 0 Å². The molecule has 0 saturated carbocycles. The van der Waals surface area contributed by atoms with Gasteiger partial charge in [0.1, 0.15) is 0 Å². The summed E-state index contributed by atoms with van der Waals surface area (Å²) in [4.78, 5) is 0. The third kappa shape index (κ3) is 4.68. The summed E-state index contributed by atoms with van der Waals surface area (Å²) < 4.78 is 43.0. The first-order valence-corrected chi connectivity index (χ1v) is 5.55. The lowest BCUT2D eigenvalue weighted by molar-refractivity contribution is 0.585. The summed E-state index contributed by atoms with van der Waals surface area (Å²) in [6.07, 6.45) is 0. The number of hydrogen-bond acceptors (Lipinski definition) is 4. The van der Waals surface area contributed by atoms with Crippen LogP contribution in [-0.2, 0) is 20.0 Å². The van der Waals surface area contributed by atoms with Crippen molar-refractivity contribution in [1.29, 1.82) is 0 Å². The zero-order valence-electron chi connectivity index (χ0n) is 5.23. The SMILES string of the molecule is CNS(=O)(=O)CS(N)(=O)=O. The minimum Gasteiger partial charge on any atom is -0.228 e. The monoisotopic (exact) mass is 188 g/mol. The Balaban J connectivity index is 4.49. The normalized spacial score (nSPS) is 13.4. The molecule has 0 aromatic heterocycles. The number of hydrogen-bond donors (Lipinski definition) is 2. The van der Waals surface area contributed by atoms with E-state index in [1.807, 2.05) is 4.72 Å². The summed E-state index contributed by atoms with van der Waals surface area (Å²) in [6.45, 7) is 0. The summed E-state index contributed by atoms with van der Waals surface area (Å²) >= 11 is 0. The highest BCUT2D eigenvalue weighted by atomic mass is 32.3. The molecule has 0 bridgehead atoms. The van der Waals surface area contributed by atoms with E-state index in [0.29, 0.717) is 0 Å². The number of sulfonamides is 2. The molecule has 0 saturated heterocycles. The summed E-state index contributed by atoms with van der Waals surface area (Å²) in [5.74, 6) is 0. The Morgan fingerprint density at radius 3 is 1.80 bits per heavy atom. The van der Waals surface area contributed by atoms with Gasteiger partial charge in [-0.05, 0) is 7.05 Å². The highest BCUT2D eigenvalue weighted by Gasteiger charge is 2.15. The third-order valence-electron chi connectivity index (χ3n) is 0.630. The third-order valence-corrected chi connectivity index (χ3v) is 3.81. The van der Waals surface area contributed by atoms with Crippen molar-refractivity contribution in [3.63, 3.8) is 0 Å². The van der Waals surface area contributed by atoms with Crippen molar-refractivity contribution in [1.82, 2.24) is 4.72 Å². The van der Waals surface area contributed by atoms with Gasteiger partial charge >= 0.3 is 0 Å². The predicted octanol–water partition coefficient (Wildman–Crippen LogP) is -2.22. The second-order valence-electron chi connectivity index (χ2n) is 1.60. The Bertz CT molecular complexity index is 287. The standard InChI is InChI=1S/C2H8N2O4S2/c1-4-10(7,8)2-9(3,5)6/h4H,2H2,1H3,(H2,3,5,6). The molecule has 3 N–H and O–H groups in total. The molecule has 0 fully saturated rings. The van der Waals surface area contributed by atoms with Gasteiger partial charge in [-0.1, -0.05) is 0 Å². The molecule has 6 nitrogen and oxygen atoms in total. The highest BCUT2D eigenvalue weighted by molar-refractivity contribution is 8.06. The Hall–Kier alpha value is -0.180. The molecule has 62 valence electrons. The van der Waals surface area contributed by atoms with Crippen LogP contribution in [0.1, 0.15) is 0 Å². The Morgan fingerprint density at radius 2 is 1.70 bits per heavy atom. The van der Waals surface area contributed by atoms with Crippen molar-refractivity contribution in [2.24, 2.45) is 5.14 Å². The van der Waals surface area contributed by atoms with Crippen molar-refractivity contribution in [3.05, 3.63) is 0 Å². The second kappa shape index (κ2) is 2.82. The fourth-order valence-corrected chi connectivity index (χ4v) is 2.48. The van der Waals surface area contributed by atoms with E-state index in [-0.39, 0.29) is 0 Å². The molecule has 0 spiro atoms. The molecule has 0 aliphatic carbocycles. The molecular formula is C2H8N2O4S2. The van der Waals surface area contributed by atoms with E-state index in [1.165, 1.54) is 0 Å². The molecular weight excluding hydrogens is 180 g/mol. The van der Waals surface area contributed by atoms with Crippen LogP contribution in [0.5, 0.6) is 0 Å². The first-order valence-electron chi connectivity index (χ1n) is 2.18. The largest absolute Gasteiger partial charge is 0.228 e. The predicted molar refractivity (Wildman–Crippen MR) is 36.0 cm³/mol. The van der Waals surface area contributed by atoms with Crippen molar-refractivity contribution >= 4 is 20.0 Å². The molecule has 0 radical (unpaired) electrons. The number of nitrogens with two attached hydrogens (primary N) is 1. The molecule has 0 amide bonds. The van der Waals surface area contributed by atoms with Crippen molar-refractivity contribution in [2.75, 3.05) is 12.1 Å². The summed E-state index contributed by atoms with van der Waals surface area (Å²) in [5.41, 5.74) is 0. The van der Waals surface area contributed by atoms with Gasteiger partial charge in [-0.2, -0.15) is 0 Å². The Labute approximate surface area is 59.5 Å². The number of rotatable bonds is 3. The maximum atomic E-state index is 10.4. The van der Waals surface area contributed by atoms with Gasteiger partial charge in [0.25, 0.3) is 0 Å². The second-order valence-corrected chi connectivity index (χ2v) is 5.51. The minimum atomic E-state index is -3.94. The Morgan fingerprint density at radius 1 is 1.30 bits per heavy atom. The molecule has 8 heteroatoms. The molecule has 0 aromatic carbocycles. The van der Waals surface area contributed by atoms with Crippen LogP contribution in [-0.4, -0.2) is 29.0 Å². The first kappa shape index (κ1) is 9.82. The summed E-state index contributed by atoms with van der Waals surface area (Å²) in [5, 5.41) is 3.38.